The molecular formula is C14H16ClFO3. The highest BCUT2D eigenvalue weighted by Crippen LogP contribution is 2.25. The zero-order valence-corrected chi connectivity index (χ0v) is 11.5. The predicted molar refractivity (Wildman–Crippen MR) is 69.9 cm³/mol. The Labute approximate surface area is 116 Å². The number of halogens is 2. The number of ether oxygens (including phenoxy) is 2. The van der Waals surface area contributed by atoms with Gasteiger partial charge in [-0.05, 0) is 37.5 Å². The SMILES string of the molecule is COC1CCCC(OC(=O)c2cc(Cl)ccc2F)C1. The molecule has 2 rings (SSSR count). The van der Waals surface area contributed by atoms with Crippen molar-refractivity contribution in [3.63, 3.8) is 0 Å². The van der Waals surface area contributed by atoms with Crippen LogP contribution in [0.25, 0.3) is 0 Å². The first-order valence-electron chi connectivity index (χ1n) is 6.29. The predicted octanol–water partition coefficient (Wildman–Crippen LogP) is 3.59. The first-order valence-corrected chi connectivity index (χ1v) is 6.66. The molecule has 1 aromatic carbocycles. The monoisotopic (exact) mass is 286 g/mol. The highest BCUT2D eigenvalue weighted by molar-refractivity contribution is 6.30. The molecule has 0 heterocycles. The summed E-state index contributed by atoms with van der Waals surface area (Å²) in [6.07, 6.45) is 3.24. The molecule has 0 bridgehead atoms. The molecular weight excluding hydrogens is 271 g/mol. The topological polar surface area (TPSA) is 35.5 Å². The van der Waals surface area contributed by atoms with E-state index in [0.717, 1.165) is 25.3 Å². The summed E-state index contributed by atoms with van der Waals surface area (Å²) in [5.41, 5.74) is -0.118. The van der Waals surface area contributed by atoms with Gasteiger partial charge in [-0.15, -0.1) is 0 Å². The molecule has 0 N–H and O–H groups in total. The van der Waals surface area contributed by atoms with Crippen LogP contribution in [0.5, 0.6) is 0 Å². The molecule has 2 unspecified atom stereocenters. The van der Waals surface area contributed by atoms with E-state index in [4.69, 9.17) is 21.1 Å². The van der Waals surface area contributed by atoms with E-state index in [2.05, 4.69) is 0 Å². The number of hydrogen-bond donors (Lipinski definition) is 0. The first kappa shape index (κ1) is 14.3. The minimum atomic E-state index is -0.665. The Hall–Kier alpha value is -1.13. The average molecular weight is 287 g/mol. The van der Waals surface area contributed by atoms with E-state index in [1.165, 1.54) is 12.1 Å². The Kier molecular flexibility index (Phi) is 4.77. The van der Waals surface area contributed by atoms with Gasteiger partial charge in [0.1, 0.15) is 11.9 Å². The lowest BCUT2D eigenvalue weighted by Gasteiger charge is -2.27. The van der Waals surface area contributed by atoms with Gasteiger partial charge < -0.3 is 9.47 Å². The lowest BCUT2D eigenvalue weighted by Crippen LogP contribution is -2.29. The molecule has 0 saturated heterocycles. The van der Waals surface area contributed by atoms with Gasteiger partial charge >= 0.3 is 5.97 Å². The summed E-state index contributed by atoms with van der Waals surface area (Å²) >= 11 is 5.75. The van der Waals surface area contributed by atoms with Crippen molar-refractivity contribution in [3.05, 3.63) is 34.6 Å². The van der Waals surface area contributed by atoms with Crippen LogP contribution in [-0.2, 0) is 9.47 Å². The number of carbonyl (C=O) groups excluding carboxylic acids is 1. The molecule has 0 aliphatic heterocycles. The van der Waals surface area contributed by atoms with E-state index in [1.807, 2.05) is 0 Å². The highest BCUT2D eigenvalue weighted by Gasteiger charge is 2.26. The second-order valence-electron chi connectivity index (χ2n) is 4.68. The first-order chi connectivity index (χ1) is 9.10. The Bertz CT molecular complexity index is 464. The molecule has 0 aromatic heterocycles. The van der Waals surface area contributed by atoms with Gasteiger partial charge in [-0.3, -0.25) is 0 Å². The second kappa shape index (κ2) is 6.35. The summed E-state index contributed by atoms with van der Waals surface area (Å²) in [4.78, 5) is 11.9. The molecule has 19 heavy (non-hydrogen) atoms. The number of hydrogen-bond acceptors (Lipinski definition) is 3. The molecule has 1 fully saturated rings. The van der Waals surface area contributed by atoms with Crippen LogP contribution < -0.4 is 0 Å². The Morgan fingerprint density at radius 1 is 1.37 bits per heavy atom. The molecule has 5 heteroatoms. The third-order valence-corrected chi connectivity index (χ3v) is 3.57. The fraction of sp³-hybridized carbons (Fsp3) is 0.500. The number of esters is 1. The van der Waals surface area contributed by atoms with Gasteiger partial charge in [0.2, 0.25) is 0 Å². The summed E-state index contributed by atoms with van der Waals surface area (Å²) in [7, 11) is 1.64. The number of carbonyl (C=O) groups is 1. The quantitative estimate of drug-likeness (QED) is 0.797. The van der Waals surface area contributed by atoms with Crippen molar-refractivity contribution in [2.24, 2.45) is 0 Å². The summed E-state index contributed by atoms with van der Waals surface area (Å²) in [6, 6.07) is 3.85. The van der Waals surface area contributed by atoms with Gasteiger partial charge in [0.25, 0.3) is 0 Å². The minimum absolute atomic E-state index is 0.107. The zero-order valence-electron chi connectivity index (χ0n) is 10.7. The maximum Gasteiger partial charge on any atom is 0.341 e. The number of benzene rings is 1. The van der Waals surface area contributed by atoms with E-state index < -0.39 is 11.8 Å². The van der Waals surface area contributed by atoms with Crippen molar-refractivity contribution >= 4 is 17.6 Å². The maximum atomic E-state index is 13.5. The third kappa shape index (κ3) is 3.67. The van der Waals surface area contributed by atoms with Crippen molar-refractivity contribution < 1.29 is 18.7 Å². The van der Waals surface area contributed by atoms with Crippen LogP contribution in [0.15, 0.2) is 18.2 Å². The van der Waals surface area contributed by atoms with Crippen molar-refractivity contribution in [2.45, 2.75) is 37.9 Å². The fourth-order valence-corrected chi connectivity index (χ4v) is 2.46. The average Bonchev–Trinajstić information content (AvgIpc) is 2.41. The molecule has 0 radical (unpaired) electrons. The summed E-state index contributed by atoms with van der Waals surface area (Å²) < 4.78 is 24.1. The zero-order chi connectivity index (χ0) is 13.8. The van der Waals surface area contributed by atoms with Gasteiger partial charge in [0.15, 0.2) is 0 Å². The van der Waals surface area contributed by atoms with Crippen LogP contribution in [0, 0.1) is 5.82 Å². The van der Waals surface area contributed by atoms with Gasteiger partial charge in [-0.1, -0.05) is 11.6 Å². The standard InChI is InChI=1S/C14H16ClFO3/c1-18-10-3-2-4-11(8-10)19-14(17)12-7-9(15)5-6-13(12)16/h5-7,10-11H,2-4,8H2,1H3. The van der Waals surface area contributed by atoms with Gasteiger partial charge in [-0.2, -0.15) is 0 Å². The lowest BCUT2D eigenvalue weighted by molar-refractivity contribution is -0.0152. The maximum absolute atomic E-state index is 13.5. The van der Waals surface area contributed by atoms with Gasteiger partial charge in [0.05, 0.1) is 11.7 Å². The molecule has 1 aliphatic rings. The molecule has 1 saturated carbocycles. The van der Waals surface area contributed by atoms with Crippen molar-refractivity contribution in [2.75, 3.05) is 7.11 Å². The van der Waals surface area contributed by atoms with Crippen LogP contribution in [0.3, 0.4) is 0 Å². The summed E-state index contributed by atoms with van der Waals surface area (Å²) in [6.45, 7) is 0. The summed E-state index contributed by atoms with van der Waals surface area (Å²) in [5, 5.41) is 0.312. The largest absolute Gasteiger partial charge is 0.459 e. The normalized spacial score (nSPS) is 23.1. The van der Waals surface area contributed by atoms with Crippen LogP contribution >= 0.6 is 11.6 Å². The second-order valence-corrected chi connectivity index (χ2v) is 5.11. The summed E-state index contributed by atoms with van der Waals surface area (Å²) in [5.74, 6) is -1.28. The lowest BCUT2D eigenvalue weighted by atomic mass is 9.95. The molecule has 0 amide bonds. The van der Waals surface area contributed by atoms with Crippen LogP contribution in [0.2, 0.25) is 5.02 Å². The molecule has 3 nitrogen and oxygen atoms in total. The molecule has 2 atom stereocenters. The number of methoxy groups -OCH3 is 1. The van der Waals surface area contributed by atoms with E-state index >= 15 is 0 Å². The van der Waals surface area contributed by atoms with E-state index in [-0.39, 0.29) is 17.8 Å². The Balaban J connectivity index is 2.02. The van der Waals surface area contributed by atoms with E-state index in [9.17, 15) is 9.18 Å². The highest BCUT2D eigenvalue weighted by atomic mass is 35.5. The third-order valence-electron chi connectivity index (χ3n) is 3.33. The molecule has 104 valence electrons. The minimum Gasteiger partial charge on any atom is -0.459 e. The molecule has 1 aromatic rings. The van der Waals surface area contributed by atoms with Crippen LogP contribution in [0.4, 0.5) is 4.39 Å². The van der Waals surface area contributed by atoms with Crippen LogP contribution in [-0.4, -0.2) is 25.3 Å². The fourth-order valence-electron chi connectivity index (χ4n) is 2.29. The van der Waals surface area contributed by atoms with Crippen molar-refractivity contribution in [1.29, 1.82) is 0 Å². The van der Waals surface area contributed by atoms with Crippen LogP contribution in [0.1, 0.15) is 36.0 Å². The Morgan fingerprint density at radius 2 is 2.11 bits per heavy atom. The smallest absolute Gasteiger partial charge is 0.341 e. The van der Waals surface area contributed by atoms with E-state index in [0.29, 0.717) is 11.4 Å². The number of rotatable bonds is 3. The molecule has 0 spiro atoms. The van der Waals surface area contributed by atoms with Crippen molar-refractivity contribution in [3.8, 4) is 0 Å². The van der Waals surface area contributed by atoms with Crippen molar-refractivity contribution in [1.82, 2.24) is 0 Å². The van der Waals surface area contributed by atoms with Gasteiger partial charge in [-0.25, -0.2) is 9.18 Å². The van der Waals surface area contributed by atoms with Gasteiger partial charge in [0, 0.05) is 18.6 Å². The Morgan fingerprint density at radius 3 is 2.84 bits per heavy atom. The van der Waals surface area contributed by atoms with E-state index in [1.54, 1.807) is 7.11 Å². The molecule has 1 aliphatic carbocycles.